The second kappa shape index (κ2) is 4.61. The zero-order valence-corrected chi connectivity index (χ0v) is 8.33. The van der Waals surface area contributed by atoms with Crippen molar-refractivity contribution in [1.29, 1.82) is 0 Å². The molecule has 0 radical (unpaired) electrons. The molecular weight excluding hydrogens is 196 g/mol. The average molecular weight is 206 g/mol. The van der Waals surface area contributed by atoms with E-state index in [9.17, 15) is 9.59 Å². The van der Waals surface area contributed by atoms with E-state index in [0.29, 0.717) is 18.1 Å². The van der Waals surface area contributed by atoms with Gasteiger partial charge in [0.1, 0.15) is 0 Å². The van der Waals surface area contributed by atoms with Gasteiger partial charge in [-0.3, -0.25) is 20.0 Å². The van der Waals surface area contributed by atoms with Crippen LogP contribution < -0.4 is 5.43 Å². The Hall–Kier alpha value is -0.360. The van der Waals surface area contributed by atoms with Crippen molar-refractivity contribution in [2.24, 2.45) is 0 Å². The van der Waals surface area contributed by atoms with Crippen LogP contribution in [0.1, 0.15) is 6.92 Å². The molecule has 0 atom stereocenters. The lowest BCUT2D eigenvalue weighted by atomic mass is 10.6. The molecule has 0 spiro atoms. The molecule has 2 amide bonds. The summed E-state index contributed by atoms with van der Waals surface area (Å²) >= 11 is 0. The van der Waals surface area contributed by atoms with Crippen LogP contribution >= 0.6 is 21.6 Å². The van der Waals surface area contributed by atoms with E-state index in [1.165, 1.54) is 26.6 Å². The van der Waals surface area contributed by atoms with Crippen LogP contribution in [0.15, 0.2) is 0 Å². The molecule has 68 valence electrons. The lowest BCUT2D eigenvalue weighted by molar-refractivity contribution is -0.138. The van der Waals surface area contributed by atoms with E-state index >= 15 is 0 Å². The molecular formula is C6H10N2O2S2. The summed E-state index contributed by atoms with van der Waals surface area (Å²) in [6.45, 7) is 2.35. The third-order valence-corrected chi connectivity index (χ3v) is 3.45. The van der Waals surface area contributed by atoms with Crippen molar-refractivity contribution in [1.82, 2.24) is 10.4 Å². The van der Waals surface area contributed by atoms with Gasteiger partial charge in [0.25, 0.3) is 5.91 Å². The Bertz CT molecular complexity index is 198. The largest absolute Gasteiger partial charge is 0.272 e. The van der Waals surface area contributed by atoms with E-state index in [0.717, 1.165) is 0 Å². The van der Waals surface area contributed by atoms with Crippen molar-refractivity contribution in [2.45, 2.75) is 6.92 Å². The minimum Gasteiger partial charge on any atom is -0.272 e. The van der Waals surface area contributed by atoms with E-state index in [1.807, 2.05) is 6.92 Å². The van der Waals surface area contributed by atoms with Crippen molar-refractivity contribution < 1.29 is 9.59 Å². The first-order valence-electron chi connectivity index (χ1n) is 3.58. The van der Waals surface area contributed by atoms with Gasteiger partial charge >= 0.3 is 0 Å². The van der Waals surface area contributed by atoms with Crippen LogP contribution in [0.5, 0.6) is 0 Å². The third-order valence-electron chi connectivity index (χ3n) is 1.33. The summed E-state index contributed by atoms with van der Waals surface area (Å²) in [5.74, 6) is 0.693. The number of hydrogen-bond acceptors (Lipinski definition) is 4. The van der Waals surface area contributed by atoms with E-state index < -0.39 is 0 Å². The Morgan fingerprint density at radius 3 is 2.75 bits per heavy atom. The molecule has 1 fully saturated rings. The topological polar surface area (TPSA) is 49.4 Å². The molecule has 1 saturated heterocycles. The Morgan fingerprint density at radius 2 is 2.08 bits per heavy atom. The number of nitrogens with one attached hydrogen (secondary N) is 1. The lowest BCUT2D eigenvalue weighted by Gasteiger charge is -2.23. The maximum absolute atomic E-state index is 11.2. The monoisotopic (exact) mass is 206 g/mol. The summed E-state index contributed by atoms with van der Waals surface area (Å²) in [4.78, 5) is 22.2. The van der Waals surface area contributed by atoms with Gasteiger partial charge in [0.15, 0.2) is 0 Å². The molecule has 0 aromatic heterocycles. The minimum atomic E-state index is -0.109. The van der Waals surface area contributed by atoms with Gasteiger partial charge in [0.2, 0.25) is 5.91 Å². The van der Waals surface area contributed by atoms with Gasteiger partial charge in [-0.15, -0.1) is 0 Å². The average Bonchev–Trinajstić information content (AvgIpc) is 2.05. The predicted molar refractivity (Wildman–Crippen MR) is 50.4 cm³/mol. The SMILES string of the molecule is CCN1NC(=O)CSSCC1=O. The molecule has 1 aliphatic rings. The van der Waals surface area contributed by atoms with Gasteiger partial charge in [-0.2, -0.15) is 0 Å². The van der Waals surface area contributed by atoms with Crippen LogP contribution in [0.4, 0.5) is 0 Å². The molecule has 0 aromatic rings. The highest BCUT2D eigenvalue weighted by Gasteiger charge is 2.17. The van der Waals surface area contributed by atoms with E-state index in [4.69, 9.17) is 0 Å². The highest BCUT2D eigenvalue weighted by atomic mass is 33.1. The van der Waals surface area contributed by atoms with Gasteiger partial charge in [-0.25, -0.2) is 0 Å². The lowest BCUT2D eigenvalue weighted by Crippen LogP contribution is -2.48. The number of hydrogen-bond donors (Lipinski definition) is 1. The van der Waals surface area contributed by atoms with Gasteiger partial charge in [0, 0.05) is 6.54 Å². The first-order valence-corrected chi connectivity index (χ1v) is 6.07. The highest BCUT2D eigenvalue weighted by Crippen LogP contribution is 2.22. The molecule has 0 aromatic carbocycles. The van der Waals surface area contributed by atoms with Crippen molar-refractivity contribution in [3.63, 3.8) is 0 Å². The van der Waals surface area contributed by atoms with Gasteiger partial charge in [0.05, 0.1) is 11.5 Å². The fraction of sp³-hybridized carbons (Fsp3) is 0.667. The molecule has 0 aliphatic carbocycles. The number of rotatable bonds is 1. The molecule has 4 nitrogen and oxygen atoms in total. The first-order chi connectivity index (χ1) is 5.74. The van der Waals surface area contributed by atoms with Crippen molar-refractivity contribution >= 4 is 33.4 Å². The molecule has 1 N–H and O–H groups in total. The Morgan fingerprint density at radius 1 is 1.42 bits per heavy atom. The van der Waals surface area contributed by atoms with Gasteiger partial charge in [-0.1, -0.05) is 21.6 Å². The summed E-state index contributed by atoms with van der Waals surface area (Å²) in [5, 5.41) is 1.36. The van der Waals surface area contributed by atoms with Crippen LogP contribution in [-0.4, -0.2) is 34.9 Å². The number of amides is 2. The number of carbonyl (C=O) groups is 2. The van der Waals surface area contributed by atoms with E-state index in [-0.39, 0.29) is 11.8 Å². The number of carbonyl (C=O) groups excluding carboxylic acids is 2. The minimum absolute atomic E-state index is 0.0388. The van der Waals surface area contributed by atoms with E-state index in [1.54, 1.807) is 0 Å². The van der Waals surface area contributed by atoms with E-state index in [2.05, 4.69) is 5.43 Å². The zero-order valence-electron chi connectivity index (χ0n) is 6.70. The molecule has 1 rings (SSSR count). The molecule has 0 saturated carbocycles. The van der Waals surface area contributed by atoms with Crippen LogP contribution in [0.2, 0.25) is 0 Å². The number of hydrazine groups is 1. The fourth-order valence-electron chi connectivity index (χ4n) is 0.766. The maximum Gasteiger partial charge on any atom is 0.251 e. The summed E-state index contributed by atoms with van der Waals surface area (Å²) in [7, 11) is 2.84. The molecule has 0 bridgehead atoms. The van der Waals surface area contributed by atoms with Crippen LogP contribution in [-0.2, 0) is 9.59 Å². The molecule has 1 aliphatic heterocycles. The smallest absolute Gasteiger partial charge is 0.251 e. The Kier molecular flexibility index (Phi) is 3.74. The first kappa shape index (κ1) is 9.73. The van der Waals surface area contributed by atoms with Crippen molar-refractivity contribution in [3.8, 4) is 0 Å². The Labute approximate surface area is 78.8 Å². The van der Waals surface area contributed by atoms with Crippen LogP contribution in [0.25, 0.3) is 0 Å². The zero-order chi connectivity index (χ0) is 8.97. The summed E-state index contributed by atoms with van der Waals surface area (Å²) in [6.07, 6.45) is 0. The normalized spacial score (nSPS) is 19.9. The standard InChI is InChI=1S/C6H10N2O2S2/c1-2-8-6(10)4-12-11-3-5(9)7-8/h2-4H2,1H3,(H,7,9). The predicted octanol–water partition coefficient (Wildman–Crippen LogP) is 0.261. The summed E-state index contributed by atoms with van der Waals surface area (Å²) < 4.78 is 0. The van der Waals surface area contributed by atoms with Crippen molar-refractivity contribution in [3.05, 3.63) is 0 Å². The Balaban J connectivity index is 2.55. The van der Waals surface area contributed by atoms with Crippen LogP contribution in [0, 0.1) is 0 Å². The fourth-order valence-corrected chi connectivity index (χ4v) is 2.48. The second-order valence-corrected chi connectivity index (χ2v) is 4.66. The second-order valence-electron chi connectivity index (χ2n) is 2.20. The maximum atomic E-state index is 11.2. The summed E-state index contributed by atoms with van der Waals surface area (Å²) in [6, 6.07) is 0. The molecule has 0 unspecified atom stereocenters. The summed E-state index contributed by atoms with van der Waals surface area (Å²) in [5.41, 5.74) is 2.53. The van der Waals surface area contributed by atoms with Crippen molar-refractivity contribution in [2.75, 3.05) is 18.1 Å². The highest BCUT2D eigenvalue weighted by molar-refractivity contribution is 8.77. The quantitative estimate of drug-likeness (QED) is 0.625. The van der Waals surface area contributed by atoms with Gasteiger partial charge < -0.3 is 0 Å². The molecule has 1 heterocycles. The van der Waals surface area contributed by atoms with Gasteiger partial charge in [-0.05, 0) is 6.92 Å². The molecule has 12 heavy (non-hydrogen) atoms. The number of nitrogens with zero attached hydrogens (tertiary/aromatic N) is 1. The third kappa shape index (κ3) is 2.60. The molecule has 6 heteroatoms. The van der Waals surface area contributed by atoms with Crippen LogP contribution in [0.3, 0.4) is 0 Å².